The molecule has 4 nitrogen and oxygen atoms in total. The summed E-state index contributed by atoms with van der Waals surface area (Å²) in [4.78, 5) is 10.5. The first kappa shape index (κ1) is 10.1. The molecule has 0 rings (SSSR count). The lowest BCUT2D eigenvalue weighted by Crippen LogP contribution is -2.33. The maximum absolute atomic E-state index is 10.5. The van der Waals surface area contributed by atoms with Crippen LogP contribution in [0.5, 0.6) is 0 Å². The molecule has 0 aliphatic carbocycles. The van der Waals surface area contributed by atoms with Gasteiger partial charge in [-0.05, 0) is 0 Å². The van der Waals surface area contributed by atoms with Crippen LogP contribution >= 0.6 is 24.7 Å². The fraction of sp³-hybridized carbons (Fsp3) is 0.750. The van der Waals surface area contributed by atoms with Crippen molar-refractivity contribution in [2.75, 3.05) is 11.7 Å². The molecule has 6 heteroatoms. The Hall–Kier alpha value is 0.0900. The number of carbonyl (C=O) groups excluding carboxylic acids is 1. The van der Waals surface area contributed by atoms with Crippen molar-refractivity contribution >= 4 is 30.6 Å². The maximum atomic E-state index is 10.5. The van der Waals surface area contributed by atoms with Crippen LogP contribution in [0, 0.1) is 0 Å². The smallest absolute Gasteiger partial charge is 0.335 e. The minimum absolute atomic E-state index is 0.0481. The van der Waals surface area contributed by atoms with E-state index in [1.807, 2.05) is 0 Å². The summed E-state index contributed by atoms with van der Waals surface area (Å²) >= 11 is 4.43. The second kappa shape index (κ2) is 5.84. The number of nitrogens with two attached hydrogens (primary N) is 1. The molecule has 0 aromatic heterocycles. The Balaban J connectivity index is 3.41. The number of hydrogen-bond acceptors (Lipinski definition) is 6. The lowest BCUT2D eigenvalue weighted by atomic mass is 10.4. The van der Waals surface area contributed by atoms with E-state index in [0.29, 0.717) is 5.75 Å². The molecule has 0 fully saturated rings. The molecule has 0 aromatic rings. The van der Waals surface area contributed by atoms with E-state index in [0.717, 1.165) is 11.8 Å². The minimum atomic E-state index is -0.699. The number of carbonyl (C=O) groups is 1. The van der Waals surface area contributed by atoms with Crippen LogP contribution in [0.3, 0.4) is 0 Å². The van der Waals surface area contributed by atoms with Gasteiger partial charge in [-0.3, -0.25) is 0 Å². The number of aliphatic hydroxyl groups excluding tert-OH is 1. The predicted molar refractivity (Wildman–Crippen MR) is 42.6 cm³/mol. The average Bonchev–Trinajstić information content (AvgIpc) is 1.98. The van der Waals surface area contributed by atoms with E-state index in [-0.39, 0.29) is 5.94 Å². The Bertz CT molecular complexity index is 111. The average molecular weight is 183 g/mol. The first-order valence-corrected chi connectivity index (χ1v) is 4.03. The van der Waals surface area contributed by atoms with Crippen molar-refractivity contribution in [1.82, 2.24) is 0 Å². The normalized spacial score (nSPS) is 12.7. The molecule has 0 saturated carbocycles. The summed E-state index contributed by atoms with van der Waals surface area (Å²) < 4.78 is 4.04. The summed E-state index contributed by atoms with van der Waals surface area (Å²) in [7, 11) is 0. The molecule has 0 bridgehead atoms. The van der Waals surface area contributed by atoms with Gasteiger partial charge in [-0.2, -0.15) is 0 Å². The van der Waals surface area contributed by atoms with Crippen molar-refractivity contribution in [2.45, 2.75) is 6.04 Å². The van der Waals surface area contributed by atoms with E-state index in [4.69, 9.17) is 10.8 Å². The topological polar surface area (TPSA) is 72.5 Å². The third-order valence-corrected chi connectivity index (χ3v) is 1.74. The fourth-order valence-electron chi connectivity index (χ4n) is 0.315. The highest BCUT2D eigenvalue weighted by Gasteiger charge is 2.12. The van der Waals surface area contributed by atoms with Gasteiger partial charge in [0.25, 0.3) is 0 Å². The third kappa shape index (κ3) is 3.99. The molecule has 0 spiro atoms. The standard InChI is InChI=1S/C4H9NO3S2/c5-3(1-10-2-6)4(7)8-9/h3,6,9H,1-2,5H2/t3-/m0/s1. The van der Waals surface area contributed by atoms with E-state index < -0.39 is 12.0 Å². The van der Waals surface area contributed by atoms with Crippen LogP contribution in [0.1, 0.15) is 0 Å². The Kier molecular flexibility index (Phi) is 5.90. The molecule has 0 aliphatic heterocycles. The van der Waals surface area contributed by atoms with Crippen molar-refractivity contribution in [3.8, 4) is 0 Å². The number of hydrogen-bond donors (Lipinski definition) is 3. The van der Waals surface area contributed by atoms with Crippen LogP contribution in [0.15, 0.2) is 0 Å². The van der Waals surface area contributed by atoms with E-state index in [2.05, 4.69) is 17.1 Å². The Labute approximate surface area is 68.7 Å². The van der Waals surface area contributed by atoms with Gasteiger partial charge in [0.2, 0.25) is 0 Å². The highest BCUT2D eigenvalue weighted by Crippen LogP contribution is 2.00. The number of thiol groups is 1. The van der Waals surface area contributed by atoms with Gasteiger partial charge in [-0.15, -0.1) is 11.8 Å². The zero-order valence-electron chi connectivity index (χ0n) is 5.19. The lowest BCUT2D eigenvalue weighted by Gasteiger charge is -2.05. The summed E-state index contributed by atoms with van der Waals surface area (Å²) in [6.07, 6.45) is 0. The zero-order valence-corrected chi connectivity index (χ0v) is 6.90. The van der Waals surface area contributed by atoms with Crippen LogP contribution in [0.25, 0.3) is 0 Å². The first-order chi connectivity index (χ1) is 4.72. The quantitative estimate of drug-likeness (QED) is 0.308. The molecule has 0 amide bonds. The van der Waals surface area contributed by atoms with Gasteiger partial charge in [0.15, 0.2) is 0 Å². The van der Waals surface area contributed by atoms with Gasteiger partial charge in [-0.25, -0.2) is 4.79 Å². The first-order valence-electron chi connectivity index (χ1n) is 2.51. The molecule has 0 heterocycles. The molecule has 0 radical (unpaired) electrons. The van der Waals surface area contributed by atoms with Crippen molar-refractivity contribution in [3.05, 3.63) is 0 Å². The summed E-state index contributed by atoms with van der Waals surface area (Å²) in [6.45, 7) is 0. The molecule has 3 N–H and O–H groups in total. The van der Waals surface area contributed by atoms with Crippen LogP contribution in [-0.4, -0.2) is 28.8 Å². The molecular formula is C4H9NO3S2. The highest BCUT2D eigenvalue weighted by atomic mass is 32.2. The highest BCUT2D eigenvalue weighted by molar-refractivity contribution is 7.99. The zero-order chi connectivity index (χ0) is 7.98. The van der Waals surface area contributed by atoms with Crippen molar-refractivity contribution < 1.29 is 14.1 Å². The van der Waals surface area contributed by atoms with Gasteiger partial charge in [-0.1, -0.05) is 0 Å². The largest absolute Gasteiger partial charge is 0.393 e. The number of thioether (sulfide) groups is 1. The summed E-state index contributed by atoms with van der Waals surface area (Å²) in [5, 5.41) is 8.31. The van der Waals surface area contributed by atoms with Crippen molar-refractivity contribution in [2.24, 2.45) is 5.73 Å². The molecule has 60 valence electrons. The second-order valence-electron chi connectivity index (χ2n) is 1.52. The van der Waals surface area contributed by atoms with Crippen LogP contribution in [0.4, 0.5) is 0 Å². The maximum Gasteiger partial charge on any atom is 0.335 e. The lowest BCUT2D eigenvalue weighted by molar-refractivity contribution is -0.133. The summed E-state index contributed by atoms with van der Waals surface area (Å²) in [5.74, 6) is -0.284. The van der Waals surface area contributed by atoms with Crippen LogP contribution in [-0.2, 0) is 8.98 Å². The predicted octanol–water partition coefficient (Wildman–Crippen LogP) is -0.615. The molecular weight excluding hydrogens is 174 g/mol. The van der Waals surface area contributed by atoms with Crippen LogP contribution in [0.2, 0.25) is 0 Å². The van der Waals surface area contributed by atoms with Crippen molar-refractivity contribution in [3.63, 3.8) is 0 Å². The SMILES string of the molecule is N[C@@H](CSCO)C(=O)OS. The molecule has 0 unspecified atom stereocenters. The molecule has 0 saturated heterocycles. The summed E-state index contributed by atoms with van der Waals surface area (Å²) in [6, 6.07) is -0.699. The van der Waals surface area contributed by atoms with Gasteiger partial charge < -0.3 is 15.0 Å². The van der Waals surface area contributed by atoms with Gasteiger partial charge in [0, 0.05) is 18.7 Å². The monoisotopic (exact) mass is 183 g/mol. The van der Waals surface area contributed by atoms with E-state index in [9.17, 15) is 4.79 Å². The molecule has 1 atom stereocenters. The van der Waals surface area contributed by atoms with Gasteiger partial charge in [0.05, 0.1) is 5.94 Å². The molecule has 0 aromatic carbocycles. The minimum Gasteiger partial charge on any atom is -0.393 e. The van der Waals surface area contributed by atoms with E-state index in [1.54, 1.807) is 0 Å². The number of rotatable bonds is 4. The molecule has 10 heavy (non-hydrogen) atoms. The van der Waals surface area contributed by atoms with Crippen LogP contribution < -0.4 is 5.73 Å². The van der Waals surface area contributed by atoms with E-state index >= 15 is 0 Å². The van der Waals surface area contributed by atoms with E-state index in [1.165, 1.54) is 0 Å². The van der Waals surface area contributed by atoms with Crippen molar-refractivity contribution in [1.29, 1.82) is 0 Å². The van der Waals surface area contributed by atoms with Gasteiger partial charge >= 0.3 is 5.97 Å². The Morgan fingerprint density at radius 1 is 1.90 bits per heavy atom. The Morgan fingerprint density at radius 3 is 2.90 bits per heavy atom. The number of aliphatic hydroxyl groups is 1. The second-order valence-corrected chi connectivity index (χ2v) is 2.70. The fourth-order valence-corrected chi connectivity index (χ4v) is 0.946. The Morgan fingerprint density at radius 2 is 2.50 bits per heavy atom. The summed E-state index contributed by atoms with van der Waals surface area (Å²) in [5.41, 5.74) is 5.26. The third-order valence-electron chi connectivity index (χ3n) is 0.781. The van der Waals surface area contributed by atoms with Gasteiger partial charge in [0.1, 0.15) is 6.04 Å². The molecule has 0 aliphatic rings.